The van der Waals surface area contributed by atoms with Gasteiger partial charge in [-0.3, -0.25) is 0 Å². The molecule has 0 bridgehead atoms. The van der Waals surface area contributed by atoms with Crippen LogP contribution in [0.4, 0.5) is 0 Å². The molecule has 1 heteroatoms. The highest BCUT2D eigenvalue weighted by Gasteiger charge is 2.33. The summed E-state index contributed by atoms with van der Waals surface area (Å²) in [5.41, 5.74) is 0. The van der Waals surface area contributed by atoms with E-state index in [2.05, 4.69) is 20.8 Å². The lowest BCUT2D eigenvalue weighted by molar-refractivity contribution is 0.0882. The summed E-state index contributed by atoms with van der Waals surface area (Å²) < 4.78 is 5.53. The minimum atomic E-state index is 0.604. The summed E-state index contributed by atoms with van der Waals surface area (Å²) in [5.74, 6) is 1.53. The lowest BCUT2D eigenvalue weighted by atomic mass is 10.2. The van der Waals surface area contributed by atoms with E-state index < -0.39 is 0 Å². The molecule has 1 aliphatic rings. The first kappa shape index (κ1) is 7.07. The normalized spacial score (nSPS) is 33.3. The zero-order valence-corrected chi connectivity index (χ0v) is 6.55. The monoisotopic (exact) mass is 128 g/mol. The average Bonchev–Trinajstić information content (AvgIpc) is 2.42. The van der Waals surface area contributed by atoms with Gasteiger partial charge in [-0.25, -0.2) is 0 Å². The predicted octanol–water partition coefficient (Wildman–Crippen LogP) is 2.07. The second kappa shape index (κ2) is 2.70. The van der Waals surface area contributed by atoms with Crippen LogP contribution in [-0.4, -0.2) is 12.7 Å². The van der Waals surface area contributed by atoms with E-state index in [1.807, 2.05) is 0 Å². The van der Waals surface area contributed by atoms with Crippen LogP contribution in [-0.2, 0) is 4.74 Å². The maximum absolute atomic E-state index is 5.53. The Hall–Kier alpha value is -0.0400. The van der Waals surface area contributed by atoms with Gasteiger partial charge >= 0.3 is 0 Å². The molecular weight excluding hydrogens is 112 g/mol. The molecule has 9 heavy (non-hydrogen) atoms. The Balaban J connectivity index is 1.94. The van der Waals surface area contributed by atoms with Crippen molar-refractivity contribution < 1.29 is 4.74 Å². The molecule has 0 aromatic heterocycles. The van der Waals surface area contributed by atoms with Crippen molar-refractivity contribution in [2.45, 2.75) is 33.3 Å². The van der Waals surface area contributed by atoms with E-state index in [0.29, 0.717) is 12.0 Å². The fourth-order valence-corrected chi connectivity index (χ4v) is 0.836. The molecule has 2 unspecified atom stereocenters. The fourth-order valence-electron chi connectivity index (χ4n) is 0.836. The van der Waals surface area contributed by atoms with Crippen molar-refractivity contribution in [3.63, 3.8) is 0 Å². The van der Waals surface area contributed by atoms with Crippen molar-refractivity contribution in [1.29, 1.82) is 0 Å². The quantitative estimate of drug-likeness (QED) is 0.565. The first-order valence-electron chi connectivity index (χ1n) is 3.81. The van der Waals surface area contributed by atoms with Crippen LogP contribution >= 0.6 is 0 Å². The SMILES string of the molecule is CC(C)COC1CC1C. The number of ether oxygens (including phenoxy) is 1. The van der Waals surface area contributed by atoms with Crippen molar-refractivity contribution >= 4 is 0 Å². The Kier molecular flexibility index (Phi) is 2.12. The van der Waals surface area contributed by atoms with Gasteiger partial charge in [0.05, 0.1) is 6.10 Å². The van der Waals surface area contributed by atoms with Crippen LogP contribution in [0, 0.1) is 11.8 Å². The molecule has 0 aromatic carbocycles. The molecule has 0 saturated heterocycles. The lowest BCUT2D eigenvalue weighted by Gasteiger charge is -2.04. The first-order chi connectivity index (χ1) is 4.20. The van der Waals surface area contributed by atoms with Gasteiger partial charge in [-0.05, 0) is 18.3 Å². The van der Waals surface area contributed by atoms with Crippen LogP contribution in [0.15, 0.2) is 0 Å². The van der Waals surface area contributed by atoms with E-state index >= 15 is 0 Å². The molecule has 54 valence electrons. The maximum Gasteiger partial charge on any atom is 0.0605 e. The molecule has 1 aliphatic carbocycles. The number of rotatable bonds is 3. The van der Waals surface area contributed by atoms with Gasteiger partial charge in [-0.1, -0.05) is 20.8 Å². The fraction of sp³-hybridized carbons (Fsp3) is 1.00. The second-order valence-corrected chi connectivity index (χ2v) is 3.48. The van der Waals surface area contributed by atoms with Crippen molar-refractivity contribution in [3.8, 4) is 0 Å². The molecular formula is C8H16O. The summed E-state index contributed by atoms with van der Waals surface area (Å²) in [4.78, 5) is 0. The molecule has 0 heterocycles. The van der Waals surface area contributed by atoms with Gasteiger partial charge in [0.1, 0.15) is 0 Å². The number of hydrogen-bond donors (Lipinski definition) is 0. The van der Waals surface area contributed by atoms with Gasteiger partial charge in [-0.15, -0.1) is 0 Å². The Morgan fingerprint density at radius 2 is 2.11 bits per heavy atom. The first-order valence-corrected chi connectivity index (χ1v) is 3.81. The third kappa shape index (κ3) is 2.35. The van der Waals surface area contributed by atoms with E-state index in [9.17, 15) is 0 Å². The molecule has 2 atom stereocenters. The summed E-state index contributed by atoms with van der Waals surface area (Å²) in [6.07, 6.45) is 1.89. The van der Waals surface area contributed by atoms with Crippen LogP contribution in [0.5, 0.6) is 0 Å². The summed E-state index contributed by atoms with van der Waals surface area (Å²) in [6.45, 7) is 7.56. The van der Waals surface area contributed by atoms with Gasteiger partial charge in [0.15, 0.2) is 0 Å². The van der Waals surface area contributed by atoms with Crippen LogP contribution < -0.4 is 0 Å². The molecule has 1 nitrogen and oxygen atoms in total. The summed E-state index contributed by atoms with van der Waals surface area (Å²) >= 11 is 0. The Morgan fingerprint density at radius 1 is 1.56 bits per heavy atom. The highest BCUT2D eigenvalue weighted by molar-refractivity contribution is 4.83. The van der Waals surface area contributed by atoms with Gasteiger partial charge in [0.25, 0.3) is 0 Å². The van der Waals surface area contributed by atoms with Crippen molar-refractivity contribution in [2.75, 3.05) is 6.61 Å². The molecule has 1 saturated carbocycles. The second-order valence-electron chi connectivity index (χ2n) is 3.48. The average molecular weight is 128 g/mol. The van der Waals surface area contributed by atoms with Gasteiger partial charge in [-0.2, -0.15) is 0 Å². The van der Waals surface area contributed by atoms with Gasteiger partial charge in [0, 0.05) is 6.61 Å². The third-order valence-corrected chi connectivity index (χ3v) is 1.68. The number of hydrogen-bond acceptors (Lipinski definition) is 1. The van der Waals surface area contributed by atoms with E-state index in [-0.39, 0.29) is 0 Å². The third-order valence-electron chi connectivity index (χ3n) is 1.68. The molecule has 0 spiro atoms. The Morgan fingerprint density at radius 3 is 2.44 bits per heavy atom. The largest absolute Gasteiger partial charge is 0.378 e. The smallest absolute Gasteiger partial charge is 0.0605 e. The van der Waals surface area contributed by atoms with Crippen molar-refractivity contribution in [1.82, 2.24) is 0 Å². The molecule has 0 aliphatic heterocycles. The van der Waals surface area contributed by atoms with E-state index in [1.165, 1.54) is 6.42 Å². The summed E-state index contributed by atoms with van der Waals surface area (Å²) in [5, 5.41) is 0. The molecule has 0 N–H and O–H groups in total. The zero-order chi connectivity index (χ0) is 6.85. The van der Waals surface area contributed by atoms with Crippen LogP contribution in [0.2, 0.25) is 0 Å². The summed E-state index contributed by atoms with van der Waals surface area (Å²) in [6, 6.07) is 0. The molecule has 1 fully saturated rings. The molecule has 1 rings (SSSR count). The minimum Gasteiger partial charge on any atom is -0.378 e. The van der Waals surface area contributed by atoms with Crippen LogP contribution in [0.1, 0.15) is 27.2 Å². The molecule has 0 radical (unpaired) electrons. The highest BCUT2D eigenvalue weighted by atomic mass is 16.5. The van der Waals surface area contributed by atoms with Crippen LogP contribution in [0.25, 0.3) is 0 Å². The molecule has 0 aromatic rings. The Bertz CT molecular complexity index is 88.6. The van der Waals surface area contributed by atoms with Crippen LogP contribution in [0.3, 0.4) is 0 Å². The zero-order valence-electron chi connectivity index (χ0n) is 6.55. The molecule has 0 amide bonds. The van der Waals surface area contributed by atoms with E-state index in [0.717, 1.165) is 12.5 Å². The minimum absolute atomic E-state index is 0.604. The summed E-state index contributed by atoms with van der Waals surface area (Å²) in [7, 11) is 0. The van der Waals surface area contributed by atoms with Gasteiger partial charge < -0.3 is 4.74 Å². The van der Waals surface area contributed by atoms with Crippen molar-refractivity contribution in [2.24, 2.45) is 11.8 Å². The van der Waals surface area contributed by atoms with E-state index in [4.69, 9.17) is 4.74 Å². The topological polar surface area (TPSA) is 9.23 Å². The Labute approximate surface area is 57.4 Å². The standard InChI is InChI=1S/C8H16O/c1-6(2)5-9-8-4-7(8)3/h6-8H,4-5H2,1-3H3. The maximum atomic E-state index is 5.53. The van der Waals surface area contributed by atoms with E-state index in [1.54, 1.807) is 0 Å². The predicted molar refractivity (Wildman–Crippen MR) is 38.4 cm³/mol. The van der Waals surface area contributed by atoms with Gasteiger partial charge in [0.2, 0.25) is 0 Å². The highest BCUT2D eigenvalue weighted by Crippen LogP contribution is 2.32. The van der Waals surface area contributed by atoms with Crippen molar-refractivity contribution in [3.05, 3.63) is 0 Å². The lowest BCUT2D eigenvalue weighted by Crippen LogP contribution is -2.03.